The van der Waals surface area contributed by atoms with Crippen LogP contribution in [0.4, 0.5) is 5.82 Å². The van der Waals surface area contributed by atoms with Crippen LogP contribution in [0, 0.1) is 0 Å². The molecule has 1 aliphatic rings. The monoisotopic (exact) mass is 358 g/mol. The number of aromatic nitrogens is 2. The Morgan fingerprint density at radius 1 is 1.24 bits per heavy atom. The zero-order valence-corrected chi connectivity index (χ0v) is 15.8. The van der Waals surface area contributed by atoms with Crippen LogP contribution in [0.1, 0.15) is 25.7 Å². The largest absolute Gasteiger partial charge is 0.308 e. The van der Waals surface area contributed by atoms with E-state index < -0.39 is 0 Å². The van der Waals surface area contributed by atoms with Crippen molar-refractivity contribution in [2.24, 2.45) is 0 Å². The number of hydrogen-bond donors (Lipinski definition) is 1. The van der Waals surface area contributed by atoms with E-state index in [2.05, 4.69) is 27.4 Å². The summed E-state index contributed by atoms with van der Waals surface area (Å²) in [7, 11) is 4.08. The summed E-state index contributed by atoms with van der Waals surface area (Å²) in [6.07, 6.45) is 5.96. The predicted molar refractivity (Wildman–Crippen MR) is 103 cm³/mol. The fourth-order valence-electron chi connectivity index (χ4n) is 3.12. The third-order valence-corrected chi connectivity index (χ3v) is 6.03. The SMILES string of the molecule is CN(C)CCn1ccc(NC(=O)C2(Sc3ccccc3)CCCC2)n1. The Bertz CT molecular complexity index is 692. The number of carbonyl (C=O) groups is 1. The predicted octanol–water partition coefficient (Wildman–Crippen LogP) is 3.49. The summed E-state index contributed by atoms with van der Waals surface area (Å²) in [4.78, 5) is 16.3. The number of rotatable bonds is 7. The van der Waals surface area contributed by atoms with Crippen molar-refractivity contribution < 1.29 is 4.79 Å². The number of carbonyl (C=O) groups excluding carboxylic acids is 1. The molecule has 1 amide bonds. The van der Waals surface area contributed by atoms with Gasteiger partial charge in [-0.3, -0.25) is 9.48 Å². The second-order valence-electron chi connectivity index (χ2n) is 6.84. The smallest absolute Gasteiger partial charge is 0.242 e. The van der Waals surface area contributed by atoms with Gasteiger partial charge in [0.25, 0.3) is 0 Å². The average molecular weight is 359 g/mol. The molecule has 134 valence electrons. The quantitative estimate of drug-likeness (QED) is 0.823. The summed E-state index contributed by atoms with van der Waals surface area (Å²) in [5.74, 6) is 0.723. The van der Waals surface area contributed by atoms with Gasteiger partial charge in [0, 0.05) is 23.7 Å². The zero-order chi connectivity index (χ0) is 17.7. The molecular weight excluding hydrogens is 332 g/mol. The number of nitrogens with zero attached hydrogens (tertiary/aromatic N) is 3. The number of likely N-dealkylation sites (N-methyl/N-ethyl adjacent to an activating group) is 1. The standard InChI is InChI=1S/C19H26N4OS/c1-22(2)14-15-23-13-10-17(21-23)20-18(24)19(11-6-7-12-19)25-16-8-4-3-5-9-16/h3-5,8-10,13H,6-7,11-12,14-15H2,1-2H3,(H,20,21,24). The fraction of sp³-hybridized carbons (Fsp3) is 0.474. The minimum atomic E-state index is -0.380. The van der Waals surface area contributed by atoms with Gasteiger partial charge in [0.15, 0.2) is 5.82 Å². The second-order valence-corrected chi connectivity index (χ2v) is 8.29. The molecule has 2 aromatic rings. The highest BCUT2D eigenvalue weighted by molar-refractivity contribution is 8.01. The van der Waals surface area contributed by atoms with Gasteiger partial charge >= 0.3 is 0 Å². The molecule has 0 aliphatic heterocycles. The van der Waals surface area contributed by atoms with E-state index in [1.54, 1.807) is 11.8 Å². The third kappa shape index (κ3) is 4.64. The summed E-state index contributed by atoms with van der Waals surface area (Å²) in [5.41, 5.74) is 0. The van der Waals surface area contributed by atoms with E-state index in [1.165, 1.54) is 0 Å². The van der Waals surface area contributed by atoms with Crippen molar-refractivity contribution in [1.29, 1.82) is 0 Å². The lowest BCUT2D eigenvalue weighted by Gasteiger charge is -2.26. The average Bonchev–Trinajstić information content (AvgIpc) is 3.24. The lowest BCUT2D eigenvalue weighted by atomic mass is 10.1. The van der Waals surface area contributed by atoms with Crippen LogP contribution in [0.3, 0.4) is 0 Å². The summed E-state index contributed by atoms with van der Waals surface area (Å²) in [5, 5.41) is 7.53. The minimum Gasteiger partial charge on any atom is -0.308 e. The van der Waals surface area contributed by atoms with Gasteiger partial charge in [-0.2, -0.15) is 5.10 Å². The minimum absolute atomic E-state index is 0.0803. The van der Waals surface area contributed by atoms with Crippen molar-refractivity contribution in [2.45, 2.75) is 41.9 Å². The van der Waals surface area contributed by atoms with Crippen molar-refractivity contribution >= 4 is 23.5 Å². The Kier molecular flexibility index (Phi) is 5.81. The number of amides is 1. The van der Waals surface area contributed by atoms with Gasteiger partial charge in [-0.05, 0) is 39.1 Å². The molecule has 1 aliphatic carbocycles. The van der Waals surface area contributed by atoms with E-state index >= 15 is 0 Å². The second kappa shape index (κ2) is 8.06. The highest BCUT2D eigenvalue weighted by atomic mass is 32.2. The van der Waals surface area contributed by atoms with Crippen LogP contribution in [0.5, 0.6) is 0 Å². The zero-order valence-electron chi connectivity index (χ0n) is 14.9. The van der Waals surface area contributed by atoms with Crippen LogP contribution in [0.15, 0.2) is 47.5 Å². The molecule has 0 radical (unpaired) electrons. The molecule has 0 unspecified atom stereocenters. The van der Waals surface area contributed by atoms with Crippen LogP contribution in [-0.4, -0.2) is 46.0 Å². The molecule has 0 saturated heterocycles. The van der Waals surface area contributed by atoms with Gasteiger partial charge in [0.1, 0.15) is 0 Å². The van der Waals surface area contributed by atoms with Gasteiger partial charge in [0.05, 0.1) is 11.3 Å². The van der Waals surface area contributed by atoms with Crippen molar-refractivity contribution in [2.75, 3.05) is 26.0 Å². The summed E-state index contributed by atoms with van der Waals surface area (Å²) in [6, 6.07) is 12.1. The first-order chi connectivity index (χ1) is 12.1. The molecule has 6 heteroatoms. The van der Waals surface area contributed by atoms with Gasteiger partial charge in [-0.15, -0.1) is 11.8 Å². The normalized spacial score (nSPS) is 16.3. The first-order valence-electron chi connectivity index (χ1n) is 8.81. The van der Waals surface area contributed by atoms with Gasteiger partial charge in [-0.1, -0.05) is 31.0 Å². The molecule has 1 aromatic carbocycles. The van der Waals surface area contributed by atoms with Crippen molar-refractivity contribution in [3.8, 4) is 0 Å². The Labute approximate surface area is 153 Å². The van der Waals surface area contributed by atoms with E-state index in [-0.39, 0.29) is 10.7 Å². The number of benzene rings is 1. The van der Waals surface area contributed by atoms with E-state index in [4.69, 9.17) is 0 Å². The van der Waals surface area contributed by atoms with Crippen LogP contribution < -0.4 is 5.32 Å². The van der Waals surface area contributed by atoms with Gasteiger partial charge in [-0.25, -0.2) is 0 Å². The topological polar surface area (TPSA) is 50.2 Å². The summed E-state index contributed by atoms with van der Waals surface area (Å²) in [6.45, 7) is 1.73. The maximum absolute atomic E-state index is 13.0. The van der Waals surface area contributed by atoms with Crippen LogP contribution >= 0.6 is 11.8 Å². The Balaban J connectivity index is 1.67. The van der Waals surface area contributed by atoms with Crippen LogP contribution in [0.2, 0.25) is 0 Å². The van der Waals surface area contributed by atoms with Crippen LogP contribution in [-0.2, 0) is 11.3 Å². The van der Waals surface area contributed by atoms with E-state index in [9.17, 15) is 4.79 Å². The molecule has 5 nitrogen and oxygen atoms in total. The first-order valence-corrected chi connectivity index (χ1v) is 9.63. The lowest BCUT2D eigenvalue weighted by molar-refractivity contribution is -0.118. The molecular formula is C19H26N4OS. The van der Waals surface area contributed by atoms with Gasteiger partial charge in [0.2, 0.25) is 5.91 Å². The van der Waals surface area contributed by atoms with E-state index in [1.807, 2.05) is 49.2 Å². The van der Waals surface area contributed by atoms with Crippen LogP contribution in [0.25, 0.3) is 0 Å². The molecule has 1 saturated carbocycles. The molecule has 0 atom stereocenters. The highest BCUT2D eigenvalue weighted by Gasteiger charge is 2.42. The Morgan fingerprint density at radius 2 is 1.96 bits per heavy atom. The first kappa shape index (κ1) is 18.0. The molecule has 1 heterocycles. The van der Waals surface area contributed by atoms with E-state index in [0.717, 1.165) is 43.7 Å². The molecule has 0 spiro atoms. The number of thioether (sulfide) groups is 1. The summed E-state index contributed by atoms with van der Waals surface area (Å²) >= 11 is 1.69. The number of hydrogen-bond acceptors (Lipinski definition) is 4. The number of nitrogens with one attached hydrogen (secondary N) is 1. The Morgan fingerprint density at radius 3 is 2.64 bits per heavy atom. The Hall–Kier alpha value is -1.79. The molecule has 3 rings (SSSR count). The van der Waals surface area contributed by atoms with Gasteiger partial charge < -0.3 is 10.2 Å². The molecule has 1 N–H and O–H groups in total. The number of anilines is 1. The van der Waals surface area contributed by atoms with E-state index in [0.29, 0.717) is 5.82 Å². The van der Waals surface area contributed by atoms with Crippen molar-refractivity contribution in [3.63, 3.8) is 0 Å². The fourth-order valence-corrected chi connectivity index (χ4v) is 4.50. The maximum atomic E-state index is 13.0. The molecule has 0 bridgehead atoms. The molecule has 1 fully saturated rings. The van der Waals surface area contributed by atoms with Crippen molar-refractivity contribution in [1.82, 2.24) is 14.7 Å². The highest BCUT2D eigenvalue weighted by Crippen LogP contribution is 2.45. The molecule has 1 aromatic heterocycles. The van der Waals surface area contributed by atoms with Crippen molar-refractivity contribution in [3.05, 3.63) is 42.6 Å². The maximum Gasteiger partial charge on any atom is 0.242 e. The summed E-state index contributed by atoms with van der Waals surface area (Å²) < 4.78 is 1.50. The lowest BCUT2D eigenvalue weighted by Crippen LogP contribution is -2.37. The third-order valence-electron chi connectivity index (χ3n) is 4.54. The molecule has 25 heavy (non-hydrogen) atoms.